The van der Waals surface area contributed by atoms with Crippen molar-refractivity contribution in [3.63, 3.8) is 0 Å². The van der Waals surface area contributed by atoms with Gasteiger partial charge in [0.15, 0.2) is 5.11 Å². The van der Waals surface area contributed by atoms with Gasteiger partial charge in [-0.25, -0.2) is 4.79 Å². The van der Waals surface area contributed by atoms with E-state index in [1.807, 2.05) is 37.3 Å². The Hall–Kier alpha value is -2.19. The highest BCUT2D eigenvalue weighted by Gasteiger charge is 2.55. The number of hydrogen-bond acceptors (Lipinski definition) is 4. The van der Waals surface area contributed by atoms with Crippen LogP contribution < -0.4 is 5.32 Å². The van der Waals surface area contributed by atoms with Crippen LogP contribution in [0.5, 0.6) is 0 Å². The Kier molecular flexibility index (Phi) is 7.77. The van der Waals surface area contributed by atoms with Crippen molar-refractivity contribution in [2.45, 2.75) is 88.5 Å². The highest BCUT2D eigenvalue weighted by Crippen LogP contribution is 2.36. The Morgan fingerprint density at radius 3 is 2.44 bits per heavy atom. The van der Waals surface area contributed by atoms with E-state index in [4.69, 9.17) is 12.2 Å². The molecule has 34 heavy (non-hydrogen) atoms. The lowest BCUT2D eigenvalue weighted by atomic mass is 9.93. The smallest absolute Gasteiger partial charge is 0.326 e. The fourth-order valence-corrected chi connectivity index (χ4v) is 6.37. The normalized spacial score (nSPS) is 23.8. The largest absolute Gasteiger partial charge is 0.480 e. The van der Waals surface area contributed by atoms with E-state index >= 15 is 0 Å². The van der Waals surface area contributed by atoms with Crippen molar-refractivity contribution < 1.29 is 14.7 Å². The number of nitrogens with one attached hydrogen (secondary N) is 1. The second-order valence-corrected chi connectivity index (χ2v) is 10.4. The van der Waals surface area contributed by atoms with Crippen LogP contribution >= 0.6 is 12.2 Å². The third kappa shape index (κ3) is 4.93. The predicted molar refractivity (Wildman–Crippen MR) is 136 cm³/mol. The van der Waals surface area contributed by atoms with Crippen LogP contribution in [0.4, 0.5) is 0 Å². The number of carboxylic acid groups (broad SMARTS) is 1. The molecule has 0 radical (unpaired) electrons. The van der Waals surface area contributed by atoms with Gasteiger partial charge in [-0.15, -0.1) is 0 Å². The maximum absolute atomic E-state index is 13.6. The Labute approximate surface area is 208 Å². The van der Waals surface area contributed by atoms with E-state index in [2.05, 4.69) is 22.2 Å². The summed E-state index contributed by atoms with van der Waals surface area (Å²) in [5.41, 5.74) is 0.423. The molecule has 3 aliphatic rings. The van der Waals surface area contributed by atoms with Gasteiger partial charge in [-0.3, -0.25) is 10.1 Å². The molecule has 2 atom stereocenters. The average molecular weight is 487 g/mol. The third-order valence-corrected chi connectivity index (χ3v) is 8.54. The zero-order valence-corrected chi connectivity index (χ0v) is 21.2. The van der Waals surface area contributed by atoms with Gasteiger partial charge in [0.25, 0.3) is 0 Å². The molecule has 8 heteroatoms. The summed E-state index contributed by atoms with van der Waals surface area (Å²) in [4.78, 5) is 31.9. The summed E-state index contributed by atoms with van der Waals surface area (Å²) in [5.74, 6) is -1.04. The van der Waals surface area contributed by atoms with E-state index in [-0.39, 0.29) is 5.91 Å². The topological polar surface area (TPSA) is 76.1 Å². The minimum Gasteiger partial charge on any atom is -0.480 e. The molecule has 0 bridgehead atoms. The second-order valence-electron chi connectivity index (χ2n) is 10.1. The van der Waals surface area contributed by atoms with Crippen LogP contribution in [0.15, 0.2) is 30.3 Å². The fourth-order valence-electron chi connectivity index (χ4n) is 6.04. The molecule has 1 aliphatic carbocycles. The molecule has 1 amide bonds. The van der Waals surface area contributed by atoms with Crippen molar-refractivity contribution >= 4 is 29.2 Å². The predicted octanol–water partition coefficient (Wildman–Crippen LogP) is 3.23. The van der Waals surface area contributed by atoms with Crippen molar-refractivity contribution in [2.24, 2.45) is 0 Å². The molecule has 2 N–H and O–H groups in total. The van der Waals surface area contributed by atoms with E-state index in [0.29, 0.717) is 44.8 Å². The van der Waals surface area contributed by atoms with Gasteiger partial charge < -0.3 is 19.8 Å². The van der Waals surface area contributed by atoms with Gasteiger partial charge in [-0.2, -0.15) is 0 Å². The van der Waals surface area contributed by atoms with Gasteiger partial charge in [0.2, 0.25) is 5.91 Å². The monoisotopic (exact) mass is 486 g/mol. The van der Waals surface area contributed by atoms with Crippen LogP contribution in [0.3, 0.4) is 0 Å². The quantitative estimate of drug-likeness (QED) is 0.598. The molecule has 4 rings (SSSR count). The van der Waals surface area contributed by atoms with Crippen LogP contribution in [-0.2, 0) is 16.0 Å². The number of nitrogens with zero attached hydrogens (tertiary/aromatic N) is 3. The van der Waals surface area contributed by atoms with E-state index in [1.54, 1.807) is 4.90 Å². The summed E-state index contributed by atoms with van der Waals surface area (Å²) < 4.78 is 0. The van der Waals surface area contributed by atoms with E-state index in [0.717, 1.165) is 10.7 Å². The summed E-state index contributed by atoms with van der Waals surface area (Å²) in [7, 11) is 2.11. The van der Waals surface area contributed by atoms with Gasteiger partial charge in [-0.1, -0.05) is 56.5 Å². The summed E-state index contributed by atoms with van der Waals surface area (Å²) in [6.45, 7) is 3.26. The average Bonchev–Trinajstić information content (AvgIpc) is 3.11. The van der Waals surface area contributed by atoms with Gasteiger partial charge in [0, 0.05) is 39.0 Å². The number of piperidine rings is 1. The number of rotatable bonds is 6. The lowest BCUT2D eigenvalue weighted by Crippen LogP contribution is -2.63. The molecule has 2 saturated heterocycles. The summed E-state index contributed by atoms with van der Waals surface area (Å²) >= 11 is 5.88. The van der Waals surface area contributed by atoms with Crippen molar-refractivity contribution in [3.05, 3.63) is 35.9 Å². The molecule has 2 heterocycles. The molecule has 2 aliphatic heterocycles. The minimum atomic E-state index is -0.938. The van der Waals surface area contributed by atoms with Crippen molar-refractivity contribution in [1.82, 2.24) is 20.0 Å². The van der Waals surface area contributed by atoms with Crippen molar-refractivity contribution in [2.75, 3.05) is 20.1 Å². The fraction of sp³-hybridized carbons (Fsp3) is 0.654. The lowest BCUT2D eigenvalue weighted by molar-refractivity contribution is -0.154. The van der Waals surface area contributed by atoms with Gasteiger partial charge in [-0.05, 0) is 43.5 Å². The molecule has 3 fully saturated rings. The number of amides is 1. The number of benzene rings is 1. The summed E-state index contributed by atoms with van der Waals surface area (Å²) in [6.07, 6.45) is 8.47. The zero-order valence-electron chi connectivity index (χ0n) is 20.4. The molecular weight excluding hydrogens is 448 g/mol. The van der Waals surface area contributed by atoms with E-state index < -0.39 is 23.7 Å². The minimum absolute atomic E-state index is 0.103. The lowest BCUT2D eigenvalue weighted by Gasteiger charge is -2.48. The Morgan fingerprint density at radius 1 is 1.21 bits per heavy atom. The highest BCUT2D eigenvalue weighted by molar-refractivity contribution is 7.80. The second kappa shape index (κ2) is 10.6. The molecule has 1 aromatic rings. The molecule has 0 aromatic heterocycles. The first-order valence-corrected chi connectivity index (χ1v) is 13.2. The standard InChI is InChI=1S/C26H38N4O3S/c1-3-22(24(32)33)30-23(31)21(18-19-10-6-4-7-11-19)27-26(30)14-16-29(17-15-26)25(34)28(2)20-12-8-5-9-13-20/h4,6-7,10-11,20-22,27H,3,5,8-9,12-18H2,1-2H3,(H,32,33). The van der Waals surface area contributed by atoms with Gasteiger partial charge in [0.05, 0.1) is 11.7 Å². The Morgan fingerprint density at radius 2 is 1.85 bits per heavy atom. The number of carbonyl (C=O) groups excluding carboxylic acids is 1. The number of carbonyl (C=O) groups is 2. The maximum atomic E-state index is 13.6. The summed E-state index contributed by atoms with van der Waals surface area (Å²) in [6, 6.07) is 9.19. The molecule has 1 aromatic carbocycles. The first-order valence-electron chi connectivity index (χ1n) is 12.8. The third-order valence-electron chi connectivity index (χ3n) is 7.99. The van der Waals surface area contributed by atoms with Crippen LogP contribution in [0.2, 0.25) is 0 Å². The van der Waals surface area contributed by atoms with Crippen LogP contribution in [0.25, 0.3) is 0 Å². The SMILES string of the molecule is CCC(C(=O)O)N1C(=O)C(Cc2ccccc2)NC12CCN(C(=S)N(C)C1CCCCC1)CC2. The molecule has 1 spiro atoms. The van der Waals surface area contributed by atoms with E-state index in [9.17, 15) is 14.7 Å². The molecule has 186 valence electrons. The van der Waals surface area contributed by atoms with Crippen LogP contribution in [0.1, 0.15) is 63.9 Å². The number of likely N-dealkylation sites (tertiary alicyclic amines) is 1. The van der Waals surface area contributed by atoms with Gasteiger partial charge >= 0.3 is 5.97 Å². The highest BCUT2D eigenvalue weighted by atomic mass is 32.1. The molecule has 1 saturated carbocycles. The maximum Gasteiger partial charge on any atom is 0.326 e. The number of hydrogen-bond donors (Lipinski definition) is 2. The van der Waals surface area contributed by atoms with E-state index in [1.165, 1.54) is 32.1 Å². The van der Waals surface area contributed by atoms with Crippen LogP contribution in [0, 0.1) is 0 Å². The van der Waals surface area contributed by atoms with Crippen molar-refractivity contribution in [3.8, 4) is 0 Å². The number of aliphatic carboxylic acids is 1. The summed E-state index contributed by atoms with van der Waals surface area (Å²) in [5, 5.41) is 14.4. The Balaban J connectivity index is 1.50. The first kappa shape index (κ1) is 24.9. The molecule has 2 unspecified atom stereocenters. The number of carboxylic acids is 1. The van der Waals surface area contributed by atoms with Gasteiger partial charge in [0.1, 0.15) is 6.04 Å². The van der Waals surface area contributed by atoms with Crippen molar-refractivity contribution in [1.29, 1.82) is 0 Å². The zero-order chi connectivity index (χ0) is 24.3. The molecule has 7 nitrogen and oxygen atoms in total. The number of thiocarbonyl (C=S) groups is 1. The first-order chi connectivity index (χ1) is 16.4. The van der Waals surface area contributed by atoms with Crippen LogP contribution in [-0.4, -0.2) is 80.7 Å². The molecular formula is C26H38N4O3S. The Bertz CT molecular complexity index is 881.